The molecule has 1 aromatic carbocycles. The number of anilines is 1. The van der Waals surface area contributed by atoms with E-state index in [0.717, 1.165) is 15.0 Å². The van der Waals surface area contributed by atoms with E-state index in [-0.39, 0.29) is 11.5 Å². The van der Waals surface area contributed by atoms with Gasteiger partial charge in [0.05, 0.1) is 10.4 Å². The van der Waals surface area contributed by atoms with Gasteiger partial charge in [0.25, 0.3) is 5.91 Å². The summed E-state index contributed by atoms with van der Waals surface area (Å²) in [7, 11) is 0. The highest BCUT2D eigenvalue weighted by atomic mass is 32.1. The molecule has 3 rings (SSSR count). The molecule has 2 aromatic heterocycles. The van der Waals surface area contributed by atoms with Crippen molar-refractivity contribution in [2.24, 2.45) is 0 Å². The second-order valence-electron chi connectivity index (χ2n) is 4.55. The first-order chi connectivity index (χ1) is 10.0. The molecule has 6 heteroatoms. The first kappa shape index (κ1) is 13.8. The second-order valence-corrected chi connectivity index (χ2v) is 6.58. The van der Waals surface area contributed by atoms with Crippen LogP contribution in [-0.2, 0) is 0 Å². The lowest BCUT2D eigenvalue weighted by atomic mass is 10.1. The summed E-state index contributed by atoms with van der Waals surface area (Å²) in [5, 5.41) is 13.8. The normalized spacial score (nSPS) is 10.7. The zero-order valence-corrected chi connectivity index (χ0v) is 12.7. The van der Waals surface area contributed by atoms with Gasteiger partial charge in [-0.3, -0.25) is 4.79 Å². The average molecular weight is 317 g/mol. The molecule has 0 saturated heterocycles. The Kier molecular flexibility index (Phi) is 3.48. The highest BCUT2D eigenvalue weighted by Crippen LogP contribution is 2.30. The number of benzene rings is 1. The summed E-state index contributed by atoms with van der Waals surface area (Å²) in [6, 6.07) is 8.53. The van der Waals surface area contributed by atoms with Crippen LogP contribution in [-0.4, -0.2) is 17.0 Å². The molecule has 0 spiro atoms. The van der Waals surface area contributed by atoms with Crippen molar-refractivity contribution in [3.63, 3.8) is 0 Å². The molecule has 0 unspecified atom stereocenters. The van der Waals surface area contributed by atoms with Gasteiger partial charge < -0.3 is 10.4 Å². The number of rotatable bonds is 3. The molecule has 0 aliphatic rings. The number of hydrogen-bond donors (Lipinski definition) is 2. The quantitative estimate of drug-likeness (QED) is 0.760. The molecule has 21 heavy (non-hydrogen) atoms. The number of carboxylic acids is 1. The van der Waals surface area contributed by atoms with Gasteiger partial charge >= 0.3 is 5.97 Å². The zero-order chi connectivity index (χ0) is 15.0. The monoisotopic (exact) mass is 317 g/mol. The van der Waals surface area contributed by atoms with Gasteiger partial charge in [-0.1, -0.05) is 6.07 Å². The minimum Gasteiger partial charge on any atom is -0.478 e. The van der Waals surface area contributed by atoms with Gasteiger partial charge in [-0.15, -0.1) is 22.7 Å². The number of carbonyl (C=O) groups excluding carboxylic acids is 1. The van der Waals surface area contributed by atoms with Crippen LogP contribution >= 0.6 is 22.7 Å². The molecular formula is C15H11NO3S2. The van der Waals surface area contributed by atoms with Crippen molar-refractivity contribution in [1.82, 2.24) is 0 Å². The summed E-state index contributed by atoms with van der Waals surface area (Å²) in [6.45, 7) is 1.83. The van der Waals surface area contributed by atoms with E-state index in [2.05, 4.69) is 5.32 Å². The summed E-state index contributed by atoms with van der Waals surface area (Å²) < 4.78 is 2.17. The maximum atomic E-state index is 12.3. The highest BCUT2D eigenvalue weighted by Gasteiger charge is 2.13. The van der Waals surface area contributed by atoms with Crippen molar-refractivity contribution in [1.29, 1.82) is 0 Å². The van der Waals surface area contributed by atoms with E-state index in [0.29, 0.717) is 10.6 Å². The van der Waals surface area contributed by atoms with Crippen LogP contribution in [0.2, 0.25) is 0 Å². The first-order valence-electron chi connectivity index (χ1n) is 6.17. The lowest BCUT2D eigenvalue weighted by molar-refractivity contribution is 0.0696. The molecule has 3 aromatic rings. The number of nitrogens with one attached hydrogen (secondary N) is 1. The number of carbonyl (C=O) groups is 2. The van der Waals surface area contributed by atoms with Gasteiger partial charge in [-0.25, -0.2) is 4.79 Å². The van der Waals surface area contributed by atoms with Gasteiger partial charge in [0.1, 0.15) is 0 Å². The summed E-state index contributed by atoms with van der Waals surface area (Å²) in [5.74, 6) is -1.23. The van der Waals surface area contributed by atoms with E-state index in [1.165, 1.54) is 23.5 Å². The molecule has 0 aliphatic carbocycles. The van der Waals surface area contributed by atoms with E-state index in [1.54, 1.807) is 17.4 Å². The molecule has 4 nitrogen and oxygen atoms in total. The number of fused-ring (bicyclic) bond motifs is 1. The maximum Gasteiger partial charge on any atom is 0.335 e. The van der Waals surface area contributed by atoms with Crippen LogP contribution in [0, 0.1) is 6.92 Å². The minimum absolute atomic E-state index is 0.156. The molecule has 0 fully saturated rings. The Morgan fingerprint density at radius 2 is 1.95 bits per heavy atom. The molecule has 1 amide bonds. The van der Waals surface area contributed by atoms with Crippen LogP contribution < -0.4 is 5.32 Å². The van der Waals surface area contributed by atoms with Crippen LogP contribution in [0.15, 0.2) is 35.7 Å². The Hall–Kier alpha value is -2.18. The molecule has 0 radical (unpaired) electrons. The van der Waals surface area contributed by atoms with Crippen LogP contribution in [0.3, 0.4) is 0 Å². The average Bonchev–Trinajstić information content (AvgIpc) is 3.01. The molecule has 2 N–H and O–H groups in total. The van der Waals surface area contributed by atoms with Crippen LogP contribution in [0.4, 0.5) is 5.69 Å². The summed E-state index contributed by atoms with van der Waals surface area (Å²) in [4.78, 5) is 23.9. The van der Waals surface area contributed by atoms with Gasteiger partial charge in [0.15, 0.2) is 0 Å². The van der Waals surface area contributed by atoms with Crippen LogP contribution in [0.25, 0.3) is 9.40 Å². The van der Waals surface area contributed by atoms with Gasteiger partial charge in [-0.05, 0) is 42.1 Å². The van der Waals surface area contributed by atoms with Crippen molar-refractivity contribution in [2.45, 2.75) is 6.92 Å². The van der Waals surface area contributed by atoms with Crippen molar-refractivity contribution >= 4 is 49.6 Å². The lowest BCUT2D eigenvalue weighted by Gasteiger charge is -2.08. The Balaban J connectivity index is 1.88. The fraction of sp³-hybridized carbons (Fsp3) is 0.0667. The summed E-state index contributed by atoms with van der Waals surface area (Å²) >= 11 is 3.02. The maximum absolute atomic E-state index is 12.3. The fourth-order valence-electron chi connectivity index (χ4n) is 1.95. The topological polar surface area (TPSA) is 66.4 Å². The largest absolute Gasteiger partial charge is 0.478 e. The van der Waals surface area contributed by atoms with Crippen LogP contribution in [0.1, 0.15) is 25.6 Å². The fourth-order valence-corrected chi connectivity index (χ4v) is 3.96. The lowest BCUT2D eigenvalue weighted by Crippen LogP contribution is -2.12. The minimum atomic E-state index is -1.01. The number of carboxylic acid groups (broad SMARTS) is 1. The third kappa shape index (κ3) is 2.68. The first-order valence-corrected chi connectivity index (χ1v) is 7.86. The predicted octanol–water partition coefficient (Wildman–Crippen LogP) is 4.22. The predicted molar refractivity (Wildman–Crippen MR) is 85.8 cm³/mol. The van der Waals surface area contributed by atoms with Crippen molar-refractivity contribution in [3.8, 4) is 0 Å². The zero-order valence-electron chi connectivity index (χ0n) is 11.0. The molecule has 106 valence electrons. The smallest absolute Gasteiger partial charge is 0.335 e. The van der Waals surface area contributed by atoms with Crippen molar-refractivity contribution in [2.75, 3.05) is 5.32 Å². The number of amides is 1. The van der Waals surface area contributed by atoms with E-state index < -0.39 is 5.97 Å². The standard InChI is InChI=1S/C15H11NO3S2/c1-8-2-3-9(15(18)19)6-10(8)16-14(17)13-7-12-11(21-13)4-5-20-12/h2-7H,1H3,(H,16,17)(H,18,19). The molecule has 0 aliphatic heterocycles. The molecule has 2 heterocycles. The SMILES string of the molecule is Cc1ccc(C(=O)O)cc1NC(=O)c1cc2sccc2s1. The Bertz CT molecular complexity index is 819. The number of aryl methyl sites for hydroxylation is 1. The van der Waals surface area contributed by atoms with E-state index in [4.69, 9.17) is 5.11 Å². The number of aromatic carboxylic acids is 1. The molecule has 0 atom stereocenters. The third-order valence-electron chi connectivity index (χ3n) is 3.10. The van der Waals surface area contributed by atoms with Gasteiger partial charge in [0.2, 0.25) is 0 Å². The van der Waals surface area contributed by atoms with Crippen molar-refractivity contribution < 1.29 is 14.7 Å². The summed E-state index contributed by atoms with van der Waals surface area (Å²) in [6.07, 6.45) is 0. The van der Waals surface area contributed by atoms with E-state index >= 15 is 0 Å². The summed E-state index contributed by atoms with van der Waals surface area (Å²) in [5.41, 5.74) is 1.51. The Labute approximate surface area is 128 Å². The Morgan fingerprint density at radius 1 is 1.14 bits per heavy atom. The van der Waals surface area contributed by atoms with E-state index in [1.807, 2.05) is 24.4 Å². The molecule has 0 saturated carbocycles. The third-order valence-corrected chi connectivity index (χ3v) is 5.19. The molecular weight excluding hydrogens is 306 g/mol. The Morgan fingerprint density at radius 3 is 2.67 bits per heavy atom. The number of thiophene rings is 2. The van der Waals surface area contributed by atoms with E-state index in [9.17, 15) is 9.59 Å². The highest BCUT2D eigenvalue weighted by molar-refractivity contribution is 7.27. The molecule has 0 bridgehead atoms. The van der Waals surface area contributed by atoms with Crippen LogP contribution in [0.5, 0.6) is 0 Å². The van der Waals surface area contributed by atoms with Gasteiger partial charge in [0, 0.05) is 15.1 Å². The van der Waals surface area contributed by atoms with Crippen molar-refractivity contribution in [3.05, 3.63) is 51.7 Å². The van der Waals surface area contributed by atoms with Gasteiger partial charge in [-0.2, -0.15) is 0 Å². The second kappa shape index (κ2) is 5.31. The number of hydrogen-bond acceptors (Lipinski definition) is 4.